The minimum atomic E-state index is -0.679. The van der Waals surface area contributed by atoms with E-state index in [1.807, 2.05) is 6.20 Å². The van der Waals surface area contributed by atoms with Crippen LogP contribution in [0.15, 0.2) is 48.7 Å². The molecule has 0 aliphatic carbocycles. The first-order valence-electron chi connectivity index (χ1n) is 11.6. The molecule has 168 valence electrons. The van der Waals surface area contributed by atoms with Gasteiger partial charge in [0, 0.05) is 31.4 Å². The van der Waals surface area contributed by atoms with E-state index >= 15 is 0 Å². The number of thiazole rings is 1. The van der Waals surface area contributed by atoms with E-state index in [0.717, 1.165) is 30.8 Å². The number of carbonyl (C=O) groups is 1. The van der Waals surface area contributed by atoms with E-state index in [0.29, 0.717) is 19.0 Å². The van der Waals surface area contributed by atoms with Crippen LogP contribution >= 0.6 is 11.3 Å². The molecule has 0 unspecified atom stereocenters. The zero-order valence-electron chi connectivity index (χ0n) is 19.2. The largest absolute Gasteiger partial charge is 0.481 e. The third kappa shape index (κ3) is 5.11. The Kier molecular flexibility index (Phi) is 7.07. The molecule has 1 aliphatic heterocycles. The second kappa shape index (κ2) is 9.97. The summed E-state index contributed by atoms with van der Waals surface area (Å²) in [6, 6.07) is 15.5. The van der Waals surface area contributed by atoms with Crippen LogP contribution in [0.5, 0.6) is 0 Å². The van der Waals surface area contributed by atoms with E-state index in [9.17, 15) is 4.79 Å². The lowest BCUT2D eigenvalue weighted by molar-refractivity contribution is -0.147. The summed E-state index contributed by atoms with van der Waals surface area (Å²) in [5.74, 6) is -0.356. The molecule has 1 saturated heterocycles. The van der Waals surface area contributed by atoms with Gasteiger partial charge in [0.15, 0.2) is 0 Å². The molecular formula is C27H32N2O2S. The number of aliphatic carboxylic acids is 1. The molecule has 32 heavy (non-hydrogen) atoms. The number of aryl methyl sites for hydroxylation is 1. The maximum Gasteiger partial charge on any atom is 0.309 e. The van der Waals surface area contributed by atoms with E-state index in [1.54, 1.807) is 11.3 Å². The van der Waals surface area contributed by atoms with E-state index in [1.165, 1.54) is 32.7 Å². The average Bonchev–Trinajstić information content (AvgIpc) is 3.25. The molecule has 4 nitrogen and oxygen atoms in total. The van der Waals surface area contributed by atoms with Gasteiger partial charge >= 0.3 is 5.97 Å². The number of carboxylic acid groups (broad SMARTS) is 1. The summed E-state index contributed by atoms with van der Waals surface area (Å²) in [6.07, 6.45) is 5.34. The third-order valence-electron chi connectivity index (χ3n) is 6.32. The Hall–Kier alpha value is -2.50. The standard InChI is InChI=1S/C27H32N2O2S/c1-4-5-6-21-13-22(11-12-23(21)15-29-16-24(17-29)27(30)31)26-28-14-25(32-26)20-9-7-19(8-10-20)18(2)3/h7-14,18,24H,4-6,15-17H2,1-3H3,(H,30,31). The second-order valence-corrected chi connectivity index (χ2v) is 10.2. The summed E-state index contributed by atoms with van der Waals surface area (Å²) >= 11 is 1.74. The smallest absolute Gasteiger partial charge is 0.309 e. The normalized spacial score (nSPS) is 14.6. The Bertz CT molecular complexity index is 1070. The topological polar surface area (TPSA) is 53.4 Å². The molecule has 0 radical (unpaired) electrons. The van der Waals surface area contributed by atoms with Crippen LogP contribution in [0.3, 0.4) is 0 Å². The van der Waals surface area contributed by atoms with Crippen molar-refractivity contribution in [3.63, 3.8) is 0 Å². The first-order valence-corrected chi connectivity index (χ1v) is 12.4. The predicted molar refractivity (Wildman–Crippen MR) is 132 cm³/mol. The molecule has 5 heteroatoms. The van der Waals surface area contributed by atoms with E-state index < -0.39 is 5.97 Å². The Labute approximate surface area is 194 Å². The lowest BCUT2D eigenvalue weighted by Crippen LogP contribution is -2.49. The molecule has 0 atom stereocenters. The fourth-order valence-corrected chi connectivity index (χ4v) is 5.10. The number of rotatable bonds is 9. The molecule has 1 aliphatic rings. The zero-order chi connectivity index (χ0) is 22.7. The van der Waals surface area contributed by atoms with Gasteiger partial charge < -0.3 is 5.11 Å². The highest BCUT2D eigenvalue weighted by atomic mass is 32.1. The van der Waals surface area contributed by atoms with Gasteiger partial charge in [0.1, 0.15) is 5.01 Å². The third-order valence-corrected chi connectivity index (χ3v) is 7.42. The average molecular weight is 449 g/mol. The van der Waals surface area contributed by atoms with Crippen molar-refractivity contribution in [1.82, 2.24) is 9.88 Å². The minimum absolute atomic E-state index is 0.211. The number of carboxylic acids is 1. The van der Waals surface area contributed by atoms with Gasteiger partial charge in [-0.05, 0) is 47.1 Å². The van der Waals surface area contributed by atoms with Crippen LogP contribution in [0.4, 0.5) is 0 Å². The first kappa shape index (κ1) is 22.7. The second-order valence-electron chi connectivity index (χ2n) is 9.12. The molecule has 3 aromatic rings. The Morgan fingerprint density at radius 1 is 1.12 bits per heavy atom. The Balaban J connectivity index is 1.52. The van der Waals surface area contributed by atoms with Crippen molar-refractivity contribution in [2.75, 3.05) is 13.1 Å². The van der Waals surface area contributed by atoms with Gasteiger partial charge in [0.05, 0.1) is 10.8 Å². The van der Waals surface area contributed by atoms with Gasteiger partial charge in [0.2, 0.25) is 0 Å². The summed E-state index contributed by atoms with van der Waals surface area (Å²) in [5.41, 5.74) is 6.41. The summed E-state index contributed by atoms with van der Waals surface area (Å²) in [6.45, 7) is 8.77. The molecule has 0 spiro atoms. The fraction of sp³-hybridized carbons (Fsp3) is 0.407. The van der Waals surface area contributed by atoms with Crippen molar-refractivity contribution >= 4 is 17.3 Å². The number of hydrogen-bond donors (Lipinski definition) is 1. The molecule has 0 bridgehead atoms. The van der Waals surface area contributed by atoms with Crippen molar-refractivity contribution in [3.05, 3.63) is 65.4 Å². The van der Waals surface area contributed by atoms with E-state index in [2.05, 4.69) is 68.1 Å². The van der Waals surface area contributed by atoms with Crippen molar-refractivity contribution in [1.29, 1.82) is 0 Å². The molecular weight excluding hydrogens is 416 g/mol. The van der Waals surface area contributed by atoms with E-state index in [4.69, 9.17) is 10.1 Å². The number of unbranched alkanes of at least 4 members (excludes halogenated alkanes) is 1. The van der Waals surface area contributed by atoms with Gasteiger partial charge in [-0.2, -0.15) is 0 Å². The number of likely N-dealkylation sites (tertiary alicyclic amines) is 1. The molecule has 2 heterocycles. The first-order chi connectivity index (χ1) is 15.4. The van der Waals surface area contributed by atoms with Crippen LogP contribution in [0.2, 0.25) is 0 Å². The number of aromatic nitrogens is 1. The molecule has 2 aromatic carbocycles. The van der Waals surface area contributed by atoms with Gasteiger partial charge in [-0.1, -0.05) is 63.6 Å². The van der Waals surface area contributed by atoms with E-state index in [-0.39, 0.29) is 5.92 Å². The summed E-state index contributed by atoms with van der Waals surface area (Å²) in [7, 11) is 0. The van der Waals surface area contributed by atoms with Gasteiger partial charge in [0.25, 0.3) is 0 Å². The summed E-state index contributed by atoms with van der Waals surface area (Å²) in [4.78, 5) is 19.3. The fourth-order valence-electron chi connectivity index (χ4n) is 4.18. The van der Waals surface area contributed by atoms with Crippen LogP contribution in [-0.4, -0.2) is 34.0 Å². The van der Waals surface area contributed by atoms with Crippen LogP contribution in [0, 0.1) is 5.92 Å². The number of nitrogens with zero attached hydrogens (tertiary/aromatic N) is 2. The summed E-state index contributed by atoms with van der Waals surface area (Å²) in [5, 5.41) is 10.2. The Morgan fingerprint density at radius 3 is 2.50 bits per heavy atom. The molecule has 4 rings (SSSR count). The highest BCUT2D eigenvalue weighted by molar-refractivity contribution is 7.18. The SMILES string of the molecule is CCCCc1cc(-c2ncc(-c3ccc(C(C)C)cc3)s2)ccc1CN1CC(C(=O)O)C1. The maximum absolute atomic E-state index is 11.1. The molecule has 1 aromatic heterocycles. The lowest BCUT2D eigenvalue weighted by atomic mass is 9.95. The van der Waals surface area contributed by atoms with Gasteiger partial charge in [-0.25, -0.2) is 4.98 Å². The monoisotopic (exact) mass is 448 g/mol. The van der Waals surface area contributed by atoms with Crippen molar-refractivity contribution in [2.45, 2.75) is 52.5 Å². The quantitative estimate of drug-likeness (QED) is 0.408. The van der Waals surface area contributed by atoms with Crippen molar-refractivity contribution in [3.8, 4) is 21.0 Å². The van der Waals surface area contributed by atoms with Crippen LogP contribution < -0.4 is 0 Å². The zero-order valence-corrected chi connectivity index (χ0v) is 20.0. The predicted octanol–water partition coefficient (Wildman–Crippen LogP) is 6.46. The maximum atomic E-state index is 11.1. The van der Waals surface area contributed by atoms with Gasteiger partial charge in [-0.15, -0.1) is 11.3 Å². The molecule has 1 N–H and O–H groups in total. The highest BCUT2D eigenvalue weighted by Gasteiger charge is 2.32. The highest BCUT2D eigenvalue weighted by Crippen LogP contribution is 2.34. The lowest BCUT2D eigenvalue weighted by Gasteiger charge is -2.37. The Morgan fingerprint density at radius 2 is 1.84 bits per heavy atom. The van der Waals surface area contributed by atoms with Crippen LogP contribution in [0.1, 0.15) is 56.2 Å². The van der Waals surface area contributed by atoms with Crippen LogP contribution in [-0.2, 0) is 17.8 Å². The van der Waals surface area contributed by atoms with Crippen LogP contribution in [0.25, 0.3) is 21.0 Å². The number of hydrogen-bond acceptors (Lipinski definition) is 4. The van der Waals surface area contributed by atoms with Crippen molar-refractivity contribution in [2.24, 2.45) is 5.92 Å². The molecule has 1 fully saturated rings. The van der Waals surface area contributed by atoms with Crippen molar-refractivity contribution < 1.29 is 9.90 Å². The number of benzene rings is 2. The molecule has 0 saturated carbocycles. The molecule has 0 amide bonds. The summed E-state index contributed by atoms with van der Waals surface area (Å²) < 4.78 is 0. The van der Waals surface area contributed by atoms with Gasteiger partial charge in [-0.3, -0.25) is 9.69 Å². The minimum Gasteiger partial charge on any atom is -0.481 e.